The summed E-state index contributed by atoms with van der Waals surface area (Å²) in [6.07, 6.45) is 1.55. The van der Waals surface area contributed by atoms with Crippen molar-refractivity contribution in [3.8, 4) is 0 Å². The van der Waals surface area contributed by atoms with Gasteiger partial charge in [0, 0.05) is 19.3 Å². The summed E-state index contributed by atoms with van der Waals surface area (Å²) in [5.41, 5.74) is 0.0819. The third-order valence-corrected chi connectivity index (χ3v) is 2.46. The molecular weight excluding hydrogens is 224 g/mol. The molecule has 0 saturated heterocycles. The van der Waals surface area contributed by atoms with Crippen LogP contribution in [0.1, 0.15) is 17.4 Å². The van der Waals surface area contributed by atoms with Gasteiger partial charge in [-0.3, -0.25) is 4.79 Å². The number of likely N-dealkylation sites (N-methyl/N-ethyl adjacent to an activating group) is 1. The number of aliphatic hydroxyl groups excluding tert-OH is 1. The molecule has 0 aliphatic heterocycles. The van der Waals surface area contributed by atoms with Crippen molar-refractivity contribution in [1.82, 2.24) is 9.47 Å². The van der Waals surface area contributed by atoms with E-state index in [0.717, 1.165) is 0 Å². The number of carbonyl (C=O) groups is 2. The number of nitrogens with zero attached hydrogens (tertiary/aromatic N) is 2. The number of amides is 1. The molecule has 0 aliphatic rings. The summed E-state index contributed by atoms with van der Waals surface area (Å²) in [4.78, 5) is 24.1. The molecule has 2 N–H and O–H groups in total. The molecule has 0 aromatic carbocycles. The molecule has 1 rings (SSSR count). The number of hydrogen-bond acceptors (Lipinski definition) is 3. The smallest absolute Gasteiger partial charge is 0.352 e. The van der Waals surface area contributed by atoms with Crippen LogP contribution in [0.15, 0.2) is 18.3 Å². The number of carboxylic acid groups (broad SMARTS) is 1. The second-order valence-electron chi connectivity index (χ2n) is 3.52. The molecule has 0 saturated carbocycles. The zero-order chi connectivity index (χ0) is 12.8. The molecule has 1 aromatic heterocycles. The Morgan fingerprint density at radius 1 is 1.47 bits per heavy atom. The lowest BCUT2D eigenvalue weighted by Crippen LogP contribution is -2.36. The van der Waals surface area contributed by atoms with Gasteiger partial charge in [0.25, 0.3) is 0 Å². The van der Waals surface area contributed by atoms with Crippen molar-refractivity contribution < 1.29 is 19.8 Å². The normalized spacial score (nSPS) is 10.2. The quantitative estimate of drug-likeness (QED) is 0.734. The SMILES string of the molecule is CCN(CCO)C(=O)Cn1cccc1C(=O)O. The summed E-state index contributed by atoms with van der Waals surface area (Å²) < 4.78 is 1.38. The summed E-state index contributed by atoms with van der Waals surface area (Å²) in [5, 5.41) is 17.7. The van der Waals surface area contributed by atoms with Gasteiger partial charge >= 0.3 is 5.97 Å². The van der Waals surface area contributed by atoms with Crippen molar-refractivity contribution in [3.05, 3.63) is 24.0 Å². The highest BCUT2D eigenvalue weighted by Gasteiger charge is 2.15. The highest BCUT2D eigenvalue weighted by atomic mass is 16.4. The van der Waals surface area contributed by atoms with Gasteiger partial charge < -0.3 is 19.7 Å². The van der Waals surface area contributed by atoms with Gasteiger partial charge in [-0.15, -0.1) is 0 Å². The molecule has 0 atom stereocenters. The van der Waals surface area contributed by atoms with Crippen LogP contribution in [0, 0.1) is 0 Å². The fourth-order valence-corrected chi connectivity index (χ4v) is 1.57. The second kappa shape index (κ2) is 6.05. The minimum Gasteiger partial charge on any atom is -0.477 e. The summed E-state index contributed by atoms with van der Waals surface area (Å²) >= 11 is 0. The summed E-state index contributed by atoms with van der Waals surface area (Å²) in [6, 6.07) is 3.02. The highest BCUT2D eigenvalue weighted by molar-refractivity contribution is 5.86. The van der Waals surface area contributed by atoms with Crippen LogP contribution in [0.25, 0.3) is 0 Å². The predicted octanol–water partition coefficient (Wildman–Crippen LogP) is 0.0271. The Balaban J connectivity index is 2.73. The van der Waals surface area contributed by atoms with Gasteiger partial charge in [-0.2, -0.15) is 0 Å². The van der Waals surface area contributed by atoms with Gasteiger partial charge in [0.15, 0.2) is 0 Å². The summed E-state index contributed by atoms with van der Waals surface area (Å²) in [6.45, 7) is 2.43. The largest absolute Gasteiger partial charge is 0.477 e. The Hall–Kier alpha value is -1.82. The summed E-state index contributed by atoms with van der Waals surface area (Å²) in [7, 11) is 0. The van der Waals surface area contributed by atoms with Gasteiger partial charge in [0.05, 0.1) is 6.61 Å². The number of rotatable bonds is 6. The minimum atomic E-state index is -1.06. The van der Waals surface area contributed by atoms with Crippen LogP contribution in [0.5, 0.6) is 0 Å². The topological polar surface area (TPSA) is 82.8 Å². The Labute approximate surface area is 99.1 Å². The molecule has 17 heavy (non-hydrogen) atoms. The van der Waals surface area contributed by atoms with Crippen LogP contribution in [0.2, 0.25) is 0 Å². The third-order valence-electron chi connectivity index (χ3n) is 2.46. The van der Waals surface area contributed by atoms with Gasteiger partial charge in [0.2, 0.25) is 5.91 Å². The van der Waals surface area contributed by atoms with E-state index in [-0.39, 0.29) is 31.3 Å². The third kappa shape index (κ3) is 3.32. The van der Waals surface area contributed by atoms with Crippen molar-refractivity contribution in [1.29, 1.82) is 0 Å². The number of aromatic carboxylic acids is 1. The van der Waals surface area contributed by atoms with E-state index in [1.165, 1.54) is 15.5 Å². The minimum absolute atomic E-state index is 0.0253. The highest BCUT2D eigenvalue weighted by Crippen LogP contribution is 2.03. The fourth-order valence-electron chi connectivity index (χ4n) is 1.57. The Morgan fingerprint density at radius 3 is 2.71 bits per heavy atom. The molecule has 1 heterocycles. The monoisotopic (exact) mass is 240 g/mol. The molecule has 0 spiro atoms. The van der Waals surface area contributed by atoms with E-state index in [0.29, 0.717) is 6.54 Å². The van der Waals surface area contributed by atoms with E-state index in [1.807, 2.05) is 0 Å². The van der Waals surface area contributed by atoms with E-state index in [4.69, 9.17) is 10.2 Å². The molecule has 0 fully saturated rings. The van der Waals surface area contributed by atoms with Crippen LogP contribution in [0.4, 0.5) is 0 Å². The van der Waals surface area contributed by atoms with Crippen LogP contribution in [-0.4, -0.2) is 51.3 Å². The van der Waals surface area contributed by atoms with Crippen molar-refractivity contribution >= 4 is 11.9 Å². The van der Waals surface area contributed by atoms with E-state index in [2.05, 4.69) is 0 Å². The molecule has 0 radical (unpaired) electrons. The first-order chi connectivity index (χ1) is 8.10. The fraction of sp³-hybridized carbons (Fsp3) is 0.455. The van der Waals surface area contributed by atoms with Gasteiger partial charge in [0.1, 0.15) is 12.2 Å². The van der Waals surface area contributed by atoms with Crippen molar-refractivity contribution in [2.45, 2.75) is 13.5 Å². The van der Waals surface area contributed by atoms with E-state index in [1.54, 1.807) is 19.2 Å². The van der Waals surface area contributed by atoms with E-state index >= 15 is 0 Å². The number of aromatic nitrogens is 1. The Kier molecular flexibility index (Phi) is 4.71. The molecule has 0 unspecified atom stereocenters. The van der Waals surface area contributed by atoms with Crippen LogP contribution < -0.4 is 0 Å². The first-order valence-corrected chi connectivity index (χ1v) is 5.37. The van der Waals surface area contributed by atoms with E-state index < -0.39 is 5.97 Å². The number of carboxylic acids is 1. The summed E-state index contributed by atoms with van der Waals surface area (Å²) in [5.74, 6) is -1.27. The lowest BCUT2D eigenvalue weighted by Gasteiger charge is -2.20. The average molecular weight is 240 g/mol. The van der Waals surface area contributed by atoms with Crippen molar-refractivity contribution in [2.24, 2.45) is 0 Å². The Morgan fingerprint density at radius 2 is 2.18 bits per heavy atom. The standard InChI is InChI=1S/C11H16N2O4/c1-2-12(6-7-14)10(15)8-13-5-3-4-9(13)11(16)17/h3-5,14H,2,6-8H2,1H3,(H,16,17). The average Bonchev–Trinajstić information content (AvgIpc) is 2.73. The zero-order valence-corrected chi connectivity index (χ0v) is 9.67. The molecule has 1 aromatic rings. The van der Waals surface area contributed by atoms with Gasteiger partial charge in [-0.25, -0.2) is 4.79 Å². The number of carbonyl (C=O) groups excluding carboxylic acids is 1. The maximum atomic E-state index is 11.8. The zero-order valence-electron chi connectivity index (χ0n) is 9.67. The number of hydrogen-bond donors (Lipinski definition) is 2. The van der Waals surface area contributed by atoms with Crippen LogP contribution >= 0.6 is 0 Å². The van der Waals surface area contributed by atoms with Gasteiger partial charge in [-0.1, -0.05) is 0 Å². The second-order valence-corrected chi connectivity index (χ2v) is 3.52. The van der Waals surface area contributed by atoms with Crippen LogP contribution in [0.3, 0.4) is 0 Å². The molecule has 6 heteroatoms. The lowest BCUT2D eigenvalue weighted by atomic mass is 10.4. The van der Waals surface area contributed by atoms with Crippen molar-refractivity contribution in [3.63, 3.8) is 0 Å². The van der Waals surface area contributed by atoms with E-state index in [9.17, 15) is 9.59 Å². The predicted molar refractivity (Wildman–Crippen MR) is 60.7 cm³/mol. The first-order valence-electron chi connectivity index (χ1n) is 5.37. The van der Waals surface area contributed by atoms with Crippen LogP contribution in [-0.2, 0) is 11.3 Å². The lowest BCUT2D eigenvalue weighted by molar-refractivity contribution is -0.132. The molecule has 94 valence electrons. The number of aliphatic hydroxyl groups is 1. The molecule has 1 amide bonds. The maximum Gasteiger partial charge on any atom is 0.352 e. The Bertz CT molecular complexity index is 400. The molecule has 0 bridgehead atoms. The molecular formula is C11H16N2O4. The first kappa shape index (κ1) is 13.2. The molecule has 0 aliphatic carbocycles. The van der Waals surface area contributed by atoms with Crippen molar-refractivity contribution in [2.75, 3.05) is 19.7 Å². The molecule has 6 nitrogen and oxygen atoms in total. The van der Waals surface area contributed by atoms with Gasteiger partial charge in [-0.05, 0) is 19.1 Å². The maximum absolute atomic E-state index is 11.8.